The van der Waals surface area contributed by atoms with Crippen LogP contribution in [0.3, 0.4) is 0 Å². The normalized spacial score (nSPS) is 11.7. The van der Waals surface area contributed by atoms with E-state index in [4.69, 9.17) is 16.7 Å². The second-order valence-electron chi connectivity index (χ2n) is 6.46. The van der Waals surface area contributed by atoms with E-state index in [1.165, 1.54) is 12.1 Å². The highest BCUT2D eigenvalue weighted by molar-refractivity contribution is 6.31. The number of carbonyl (C=O) groups is 2. The highest BCUT2D eigenvalue weighted by Crippen LogP contribution is 2.29. The monoisotopic (exact) mass is 423 g/mol. The molecule has 9 nitrogen and oxygen atoms in total. The molecule has 0 bridgehead atoms. The number of fused-ring (bicyclic) bond motifs is 1. The molecule has 0 aliphatic heterocycles. The number of tetrazole rings is 1. The van der Waals surface area contributed by atoms with Gasteiger partial charge < -0.3 is 14.8 Å². The number of carbonyl (C=O) groups excluding carboxylic acids is 1. The molecule has 0 aliphatic rings. The maximum absolute atomic E-state index is 12.2. The molecule has 3 N–H and O–H groups in total. The third-order valence-corrected chi connectivity index (χ3v) is 4.74. The van der Waals surface area contributed by atoms with Crippen molar-refractivity contribution in [3.05, 3.63) is 82.3 Å². The summed E-state index contributed by atoms with van der Waals surface area (Å²) in [6.07, 6.45) is 2.72. The number of aliphatic hydroxyl groups excluding tert-OH is 1. The molecule has 0 atom stereocenters. The minimum absolute atomic E-state index is 0.165. The van der Waals surface area contributed by atoms with E-state index in [-0.39, 0.29) is 17.1 Å². The van der Waals surface area contributed by atoms with Crippen molar-refractivity contribution in [3.8, 4) is 0 Å². The van der Waals surface area contributed by atoms with Gasteiger partial charge >= 0.3 is 5.97 Å². The molecule has 2 aromatic heterocycles. The van der Waals surface area contributed by atoms with Crippen LogP contribution in [0.4, 0.5) is 0 Å². The van der Waals surface area contributed by atoms with Crippen molar-refractivity contribution in [2.75, 3.05) is 0 Å². The topological polar surface area (TPSA) is 134 Å². The predicted octanol–water partition coefficient (Wildman–Crippen LogP) is 3.34. The quantitative estimate of drug-likeness (QED) is 0.246. The Hall–Kier alpha value is -3.98. The standard InChI is InChI=1S/C20H14ClN5O4/c21-13-5-6-16-14(7-13)15(17(27)8-18(28)19-22-24-25-23-19)10-26(16)9-11-1-3-12(4-2-11)20(29)30/h1-8,10,27H,9H2,(H,29,30)(H,22,23,24,25). The van der Waals surface area contributed by atoms with E-state index in [9.17, 15) is 14.7 Å². The molecule has 4 aromatic rings. The van der Waals surface area contributed by atoms with Gasteiger partial charge in [0.05, 0.1) is 5.56 Å². The molecule has 0 amide bonds. The SMILES string of the molecule is O=C(O)c1ccc(Cn2cc(C(O)=CC(=O)c3nn[nH]n3)c3cc(Cl)ccc32)cc1. The lowest BCUT2D eigenvalue weighted by Gasteiger charge is -2.06. The maximum atomic E-state index is 12.2. The van der Waals surface area contributed by atoms with Gasteiger partial charge in [-0.05, 0) is 41.1 Å². The first-order chi connectivity index (χ1) is 14.4. The summed E-state index contributed by atoms with van der Waals surface area (Å²) in [6, 6.07) is 11.7. The van der Waals surface area contributed by atoms with E-state index in [2.05, 4.69) is 20.6 Å². The Morgan fingerprint density at radius 1 is 1.13 bits per heavy atom. The Bertz CT molecular complexity index is 1280. The van der Waals surface area contributed by atoms with Crippen molar-refractivity contribution in [3.63, 3.8) is 0 Å². The van der Waals surface area contributed by atoms with Gasteiger partial charge in [-0.2, -0.15) is 5.21 Å². The molecule has 150 valence electrons. The molecule has 4 rings (SSSR count). The van der Waals surface area contributed by atoms with E-state index in [0.717, 1.165) is 17.2 Å². The van der Waals surface area contributed by atoms with Crippen molar-refractivity contribution in [1.82, 2.24) is 25.2 Å². The van der Waals surface area contributed by atoms with Crippen molar-refractivity contribution >= 4 is 40.0 Å². The first-order valence-electron chi connectivity index (χ1n) is 8.72. The van der Waals surface area contributed by atoms with E-state index in [0.29, 0.717) is 22.5 Å². The molecule has 30 heavy (non-hydrogen) atoms. The molecule has 2 aromatic carbocycles. The molecule has 0 fully saturated rings. The highest BCUT2D eigenvalue weighted by atomic mass is 35.5. The van der Waals surface area contributed by atoms with Gasteiger partial charge in [0.2, 0.25) is 11.6 Å². The van der Waals surface area contributed by atoms with Crippen molar-refractivity contribution in [2.45, 2.75) is 6.54 Å². The number of hydrogen-bond acceptors (Lipinski definition) is 6. The first-order valence-corrected chi connectivity index (χ1v) is 9.09. The Kier molecular flexibility index (Phi) is 5.03. The van der Waals surface area contributed by atoms with Crippen molar-refractivity contribution in [1.29, 1.82) is 0 Å². The number of nitrogens with one attached hydrogen (secondary N) is 1. The Morgan fingerprint density at radius 2 is 1.90 bits per heavy atom. The molecule has 2 heterocycles. The number of carboxylic acids is 1. The number of nitrogens with zero attached hydrogens (tertiary/aromatic N) is 4. The van der Waals surface area contributed by atoms with Gasteiger partial charge in [0.15, 0.2) is 0 Å². The number of aromatic carboxylic acids is 1. The number of H-pyrrole nitrogens is 1. The third-order valence-electron chi connectivity index (χ3n) is 4.51. The summed E-state index contributed by atoms with van der Waals surface area (Å²) in [6.45, 7) is 0.421. The number of aliphatic hydroxyl groups is 1. The molecule has 0 saturated carbocycles. The smallest absolute Gasteiger partial charge is 0.335 e. The number of rotatable bonds is 6. The van der Waals surface area contributed by atoms with Crippen molar-refractivity contribution < 1.29 is 19.8 Å². The zero-order chi connectivity index (χ0) is 21.3. The van der Waals surface area contributed by atoms with Gasteiger partial charge in [0.1, 0.15) is 5.76 Å². The van der Waals surface area contributed by atoms with Crippen molar-refractivity contribution in [2.24, 2.45) is 0 Å². The number of allylic oxidation sites excluding steroid dienone is 1. The van der Waals surface area contributed by atoms with Crippen LogP contribution in [0.2, 0.25) is 5.02 Å². The number of aromatic amines is 1. The molecule has 0 unspecified atom stereocenters. The maximum Gasteiger partial charge on any atom is 0.335 e. The lowest BCUT2D eigenvalue weighted by molar-refractivity contribution is 0.0696. The highest BCUT2D eigenvalue weighted by Gasteiger charge is 2.16. The number of hydrogen-bond donors (Lipinski definition) is 3. The number of halogens is 1. The largest absolute Gasteiger partial charge is 0.507 e. The average Bonchev–Trinajstić information content (AvgIpc) is 3.37. The summed E-state index contributed by atoms with van der Waals surface area (Å²) in [5.41, 5.74) is 2.25. The summed E-state index contributed by atoms with van der Waals surface area (Å²) in [5, 5.41) is 33.5. The number of carboxylic acid groups (broad SMARTS) is 1. The lowest BCUT2D eigenvalue weighted by atomic mass is 10.1. The van der Waals surface area contributed by atoms with Gasteiger partial charge in [-0.1, -0.05) is 23.7 Å². The van der Waals surface area contributed by atoms with Gasteiger partial charge in [-0.25, -0.2) is 4.79 Å². The molecule has 0 saturated heterocycles. The van der Waals surface area contributed by atoms with Crippen LogP contribution in [-0.4, -0.2) is 47.2 Å². The zero-order valence-electron chi connectivity index (χ0n) is 15.3. The number of benzene rings is 2. The second kappa shape index (κ2) is 7.80. The van der Waals surface area contributed by atoms with Gasteiger partial charge in [0, 0.05) is 40.3 Å². The minimum Gasteiger partial charge on any atom is -0.507 e. The lowest BCUT2D eigenvalue weighted by Crippen LogP contribution is -2.00. The van der Waals surface area contributed by atoms with Crippen LogP contribution in [0, 0.1) is 0 Å². The second-order valence-corrected chi connectivity index (χ2v) is 6.90. The molecular formula is C20H14ClN5O4. The van der Waals surface area contributed by atoms with Crippen LogP contribution < -0.4 is 0 Å². The molecule has 0 spiro atoms. The first kappa shape index (κ1) is 19.3. The Labute approximate surface area is 174 Å². The fraction of sp³-hybridized carbons (Fsp3) is 0.0500. The Morgan fingerprint density at radius 3 is 2.57 bits per heavy atom. The summed E-state index contributed by atoms with van der Waals surface area (Å²) >= 11 is 6.13. The zero-order valence-corrected chi connectivity index (χ0v) is 16.0. The summed E-state index contributed by atoms with van der Waals surface area (Å²) in [4.78, 5) is 23.2. The van der Waals surface area contributed by atoms with E-state index in [1.807, 2.05) is 4.57 Å². The van der Waals surface area contributed by atoms with Crippen LogP contribution in [0.5, 0.6) is 0 Å². The molecular weight excluding hydrogens is 410 g/mol. The Balaban J connectivity index is 1.73. The van der Waals surface area contributed by atoms with Gasteiger partial charge in [-0.3, -0.25) is 4.79 Å². The predicted molar refractivity (Wildman–Crippen MR) is 109 cm³/mol. The molecule has 0 aliphatic carbocycles. The van der Waals surface area contributed by atoms with Crippen LogP contribution in [0.15, 0.2) is 54.7 Å². The van der Waals surface area contributed by atoms with E-state index >= 15 is 0 Å². The average molecular weight is 424 g/mol. The number of ketones is 1. The summed E-state index contributed by atoms with van der Waals surface area (Å²) < 4.78 is 1.87. The van der Waals surface area contributed by atoms with Crippen LogP contribution >= 0.6 is 11.6 Å². The molecule has 10 heteroatoms. The van der Waals surface area contributed by atoms with Gasteiger partial charge in [0.25, 0.3) is 0 Å². The van der Waals surface area contributed by atoms with E-state index < -0.39 is 11.8 Å². The summed E-state index contributed by atoms with van der Waals surface area (Å²) in [7, 11) is 0. The number of aromatic nitrogens is 5. The fourth-order valence-electron chi connectivity index (χ4n) is 3.09. The van der Waals surface area contributed by atoms with Crippen LogP contribution in [-0.2, 0) is 6.54 Å². The molecule has 0 radical (unpaired) electrons. The third kappa shape index (κ3) is 3.78. The minimum atomic E-state index is -0.994. The van der Waals surface area contributed by atoms with Crippen LogP contribution in [0.25, 0.3) is 16.7 Å². The van der Waals surface area contributed by atoms with Crippen LogP contribution in [0.1, 0.15) is 32.1 Å². The summed E-state index contributed by atoms with van der Waals surface area (Å²) in [5.74, 6) is -2.03. The van der Waals surface area contributed by atoms with Gasteiger partial charge in [-0.15, -0.1) is 10.2 Å². The fourth-order valence-corrected chi connectivity index (χ4v) is 3.26. The van der Waals surface area contributed by atoms with E-state index in [1.54, 1.807) is 36.5 Å².